The number of carbonyl (C=O) groups excluding carboxylic acids is 1. The van der Waals surface area contributed by atoms with Crippen molar-refractivity contribution >= 4 is 17.5 Å². The Labute approximate surface area is 125 Å². The van der Waals surface area contributed by atoms with E-state index < -0.39 is 0 Å². The van der Waals surface area contributed by atoms with Crippen molar-refractivity contribution < 1.29 is 4.79 Å². The summed E-state index contributed by atoms with van der Waals surface area (Å²) in [5.74, 6) is 1.17. The van der Waals surface area contributed by atoms with Gasteiger partial charge in [-0.05, 0) is 49.3 Å². The van der Waals surface area contributed by atoms with E-state index in [1.807, 2.05) is 24.0 Å². The molecule has 3 unspecified atom stereocenters. The quantitative estimate of drug-likeness (QED) is 0.865. The highest BCUT2D eigenvalue weighted by molar-refractivity contribution is 6.31. The molecule has 2 fully saturated rings. The maximum absolute atomic E-state index is 12.7. The zero-order valence-electron chi connectivity index (χ0n) is 11.8. The highest BCUT2D eigenvalue weighted by atomic mass is 35.5. The number of amides is 1. The third-order valence-electron chi connectivity index (χ3n) is 4.87. The molecule has 0 bridgehead atoms. The largest absolute Gasteiger partial charge is 0.338 e. The first-order chi connectivity index (χ1) is 9.56. The van der Waals surface area contributed by atoms with Gasteiger partial charge >= 0.3 is 0 Å². The van der Waals surface area contributed by atoms with E-state index in [4.69, 9.17) is 17.3 Å². The number of nitrogens with two attached hydrogens (primary N) is 1. The van der Waals surface area contributed by atoms with Crippen LogP contribution in [-0.2, 0) is 0 Å². The van der Waals surface area contributed by atoms with Crippen LogP contribution >= 0.6 is 11.6 Å². The van der Waals surface area contributed by atoms with E-state index in [0.717, 1.165) is 30.6 Å². The van der Waals surface area contributed by atoms with Crippen molar-refractivity contribution in [3.63, 3.8) is 0 Å². The molecule has 3 rings (SSSR count). The van der Waals surface area contributed by atoms with Crippen LogP contribution in [0.15, 0.2) is 18.2 Å². The first-order valence-electron chi connectivity index (χ1n) is 7.37. The lowest BCUT2D eigenvalue weighted by atomic mass is 9.78. The molecule has 3 nitrogen and oxygen atoms in total. The van der Waals surface area contributed by atoms with Crippen molar-refractivity contribution in [1.29, 1.82) is 0 Å². The maximum Gasteiger partial charge on any atom is 0.254 e. The number of hydrogen-bond donors (Lipinski definition) is 1. The molecule has 1 amide bonds. The number of rotatable bonds is 1. The van der Waals surface area contributed by atoms with Crippen LogP contribution in [0.4, 0.5) is 0 Å². The van der Waals surface area contributed by atoms with E-state index in [1.165, 1.54) is 12.8 Å². The lowest BCUT2D eigenvalue weighted by Gasteiger charge is -2.29. The zero-order chi connectivity index (χ0) is 14.3. The standard InChI is InChI=1S/C16H21ClN2O/c1-10-5-6-12(17)7-13(10)16(20)19-8-11-3-2-4-15(18)14(11)9-19/h5-7,11,14-15H,2-4,8-9,18H2,1H3. The van der Waals surface area contributed by atoms with Crippen molar-refractivity contribution in [2.75, 3.05) is 13.1 Å². The van der Waals surface area contributed by atoms with Gasteiger partial charge in [-0.3, -0.25) is 4.79 Å². The summed E-state index contributed by atoms with van der Waals surface area (Å²) >= 11 is 6.02. The topological polar surface area (TPSA) is 46.3 Å². The van der Waals surface area contributed by atoms with Crippen LogP contribution in [0.25, 0.3) is 0 Å². The summed E-state index contributed by atoms with van der Waals surface area (Å²) in [6.07, 6.45) is 3.50. The second-order valence-electron chi connectivity index (χ2n) is 6.19. The molecule has 2 aliphatic rings. The summed E-state index contributed by atoms with van der Waals surface area (Å²) in [4.78, 5) is 14.7. The van der Waals surface area contributed by atoms with E-state index >= 15 is 0 Å². The Balaban J connectivity index is 1.80. The average molecular weight is 293 g/mol. The summed E-state index contributed by atoms with van der Waals surface area (Å²) in [7, 11) is 0. The lowest BCUT2D eigenvalue weighted by Crippen LogP contribution is -2.38. The predicted octanol–water partition coefficient (Wildman–Crippen LogP) is 2.85. The Hall–Kier alpha value is -1.06. The summed E-state index contributed by atoms with van der Waals surface area (Å²) < 4.78 is 0. The minimum Gasteiger partial charge on any atom is -0.338 e. The predicted molar refractivity (Wildman–Crippen MR) is 80.9 cm³/mol. The molecular weight excluding hydrogens is 272 g/mol. The van der Waals surface area contributed by atoms with Gasteiger partial charge in [0.15, 0.2) is 0 Å². The molecule has 1 aliphatic heterocycles. The number of carbonyl (C=O) groups is 1. The van der Waals surface area contributed by atoms with Crippen molar-refractivity contribution in [1.82, 2.24) is 4.90 Å². The van der Waals surface area contributed by atoms with E-state index in [9.17, 15) is 4.79 Å². The monoisotopic (exact) mass is 292 g/mol. The molecular formula is C16H21ClN2O. The number of benzene rings is 1. The van der Waals surface area contributed by atoms with Crippen molar-refractivity contribution in [3.8, 4) is 0 Å². The summed E-state index contributed by atoms with van der Waals surface area (Å²) in [6.45, 7) is 3.61. The molecule has 1 aliphatic carbocycles. The molecule has 3 atom stereocenters. The molecule has 1 heterocycles. The van der Waals surface area contributed by atoms with Crippen LogP contribution < -0.4 is 5.73 Å². The fourth-order valence-corrected chi connectivity index (χ4v) is 3.85. The average Bonchev–Trinajstić information content (AvgIpc) is 2.86. The van der Waals surface area contributed by atoms with E-state index in [1.54, 1.807) is 6.07 Å². The number of hydrogen-bond acceptors (Lipinski definition) is 2. The molecule has 0 aromatic heterocycles. The SMILES string of the molecule is Cc1ccc(Cl)cc1C(=O)N1CC2CCCC(N)C2C1. The van der Waals surface area contributed by atoms with Crippen LogP contribution in [0.2, 0.25) is 5.02 Å². The molecule has 1 saturated heterocycles. The summed E-state index contributed by atoms with van der Waals surface area (Å²) in [6, 6.07) is 5.77. The molecule has 0 spiro atoms. The number of fused-ring (bicyclic) bond motifs is 1. The van der Waals surface area contributed by atoms with Gasteiger partial charge in [0, 0.05) is 29.7 Å². The number of nitrogens with zero attached hydrogens (tertiary/aromatic N) is 1. The maximum atomic E-state index is 12.7. The Morgan fingerprint density at radius 3 is 2.90 bits per heavy atom. The second-order valence-corrected chi connectivity index (χ2v) is 6.62. The first-order valence-corrected chi connectivity index (χ1v) is 7.75. The van der Waals surface area contributed by atoms with Gasteiger partial charge in [0.1, 0.15) is 0 Å². The smallest absolute Gasteiger partial charge is 0.254 e. The van der Waals surface area contributed by atoms with Crippen LogP contribution in [-0.4, -0.2) is 29.9 Å². The second kappa shape index (κ2) is 5.38. The van der Waals surface area contributed by atoms with Crippen molar-refractivity contribution in [2.24, 2.45) is 17.6 Å². The molecule has 4 heteroatoms. The summed E-state index contributed by atoms with van der Waals surface area (Å²) in [5, 5.41) is 0.618. The fraction of sp³-hybridized carbons (Fsp3) is 0.562. The van der Waals surface area contributed by atoms with Gasteiger partial charge in [0.2, 0.25) is 0 Å². The van der Waals surface area contributed by atoms with Gasteiger partial charge in [-0.25, -0.2) is 0 Å². The minimum atomic E-state index is 0.103. The molecule has 1 aromatic carbocycles. The van der Waals surface area contributed by atoms with E-state index in [2.05, 4.69) is 0 Å². The van der Waals surface area contributed by atoms with Crippen LogP contribution in [0.3, 0.4) is 0 Å². The molecule has 20 heavy (non-hydrogen) atoms. The molecule has 2 N–H and O–H groups in total. The van der Waals surface area contributed by atoms with Crippen LogP contribution in [0.5, 0.6) is 0 Å². The zero-order valence-corrected chi connectivity index (χ0v) is 12.6. The number of halogens is 1. The fourth-order valence-electron chi connectivity index (χ4n) is 3.68. The van der Waals surface area contributed by atoms with Crippen molar-refractivity contribution in [3.05, 3.63) is 34.3 Å². The highest BCUT2D eigenvalue weighted by Crippen LogP contribution is 2.36. The molecule has 0 radical (unpaired) electrons. The molecule has 1 saturated carbocycles. The van der Waals surface area contributed by atoms with Gasteiger partial charge in [-0.1, -0.05) is 24.1 Å². The Morgan fingerprint density at radius 2 is 2.15 bits per heavy atom. The van der Waals surface area contributed by atoms with E-state index in [0.29, 0.717) is 16.9 Å². The van der Waals surface area contributed by atoms with Gasteiger partial charge in [-0.2, -0.15) is 0 Å². The Bertz CT molecular complexity index is 531. The Kier molecular flexibility index (Phi) is 3.74. The number of aryl methyl sites for hydroxylation is 1. The normalized spacial score (nSPS) is 29.4. The molecule has 1 aromatic rings. The van der Waals surface area contributed by atoms with E-state index in [-0.39, 0.29) is 11.9 Å². The summed E-state index contributed by atoms with van der Waals surface area (Å²) in [5.41, 5.74) is 7.93. The Morgan fingerprint density at radius 1 is 1.35 bits per heavy atom. The highest BCUT2D eigenvalue weighted by Gasteiger charge is 2.40. The van der Waals surface area contributed by atoms with Crippen molar-refractivity contribution in [2.45, 2.75) is 32.2 Å². The van der Waals surface area contributed by atoms with Gasteiger partial charge in [-0.15, -0.1) is 0 Å². The third-order valence-corrected chi connectivity index (χ3v) is 5.11. The van der Waals surface area contributed by atoms with Crippen LogP contribution in [0.1, 0.15) is 35.2 Å². The van der Waals surface area contributed by atoms with Gasteiger partial charge in [0.25, 0.3) is 5.91 Å². The first kappa shape index (κ1) is 13.9. The third kappa shape index (κ3) is 2.45. The molecule has 108 valence electrons. The van der Waals surface area contributed by atoms with Gasteiger partial charge < -0.3 is 10.6 Å². The van der Waals surface area contributed by atoms with Crippen LogP contribution in [0, 0.1) is 18.8 Å². The lowest BCUT2D eigenvalue weighted by molar-refractivity contribution is 0.0783. The number of likely N-dealkylation sites (tertiary alicyclic amines) is 1. The van der Waals surface area contributed by atoms with Gasteiger partial charge in [0.05, 0.1) is 0 Å². The minimum absolute atomic E-state index is 0.103.